The van der Waals surface area contributed by atoms with Gasteiger partial charge in [0.1, 0.15) is 12.2 Å². The van der Waals surface area contributed by atoms with Crippen molar-refractivity contribution in [3.8, 4) is 0 Å². The van der Waals surface area contributed by atoms with E-state index in [4.69, 9.17) is 0 Å². The number of hydrogen-bond donors (Lipinski definition) is 5. The highest BCUT2D eigenvalue weighted by atomic mass is 16.3. The maximum absolute atomic E-state index is 12.6. The number of aliphatic hydroxyl groups is 4. The number of aliphatic hydroxyl groups excluding tert-OH is 4. The molecule has 6 heteroatoms. The van der Waals surface area contributed by atoms with E-state index in [2.05, 4.69) is 55.6 Å². The third-order valence-electron chi connectivity index (χ3n) is 14.3. The largest absolute Gasteiger partial charge is 0.394 e. The Hall–Kier alpha value is -1.47. The van der Waals surface area contributed by atoms with E-state index in [0.29, 0.717) is 12.8 Å². The van der Waals surface area contributed by atoms with Gasteiger partial charge in [-0.15, -0.1) is 0 Å². The SMILES string of the molecule is CCCCCCCCCCC/C=C\C/C=C\CCCCCCCCCCCCC(O)C(=O)NC(CO)C(O)C(O)CCC/C=C/CCCCCCCCCCCCCCCCCCCCCCC. The Kier molecular flexibility index (Phi) is 55.2. The van der Waals surface area contributed by atoms with Crippen LogP contribution < -0.4 is 5.32 Å². The van der Waals surface area contributed by atoms with E-state index in [1.807, 2.05) is 0 Å². The summed E-state index contributed by atoms with van der Waals surface area (Å²) in [5.74, 6) is -0.592. The molecule has 0 aromatic rings. The lowest BCUT2D eigenvalue weighted by Gasteiger charge is -2.27. The molecule has 402 valence electrons. The average Bonchev–Trinajstić information content (AvgIpc) is 3.34. The maximum Gasteiger partial charge on any atom is 0.249 e. The molecule has 0 aromatic carbocycles. The first-order valence-electron chi connectivity index (χ1n) is 30.4. The molecule has 6 nitrogen and oxygen atoms in total. The molecule has 4 atom stereocenters. The summed E-state index contributed by atoms with van der Waals surface area (Å²) in [6, 6.07) is -1.01. The summed E-state index contributed by atoms with van der Waals surface area (Å²) in [5.41, 5.74) is 0. The molecule has 0 aliphatic heterocycles. The Bertz CT molecular complexity index is 1080. The second kappa shape index (κ2) is 56.4. The van der Waals surface area contributed by atoms with Crippen molar-refractivity contribution in [2.45, 2.75) is 346 Å². The summed E-state index contributed by atoms with van der Waals surface area (Å²) in [7, 11) is 0. The fraction of sp³-hybridized carbons (Fsp3) is 0.887. The van der Waals surface area contributed by atoms with Crippen molar-refractivity contribution >= 4 is 5.91 Å². The molecular weight excluding hydrogens is 839 g/mol. The van der Waals surface area contributed by atoms with Gasteiger partial charge in [0.2, 0.25) is 5.91 Å². The predicted octanol–water partition coefficient (Wildman–Crippen LogP) is 18.0. The molecule has 0 fully saturated rings. The van der Waals surface area contributed by atoms with Crippen molar-refractivity contribution in [3.63, 3.8) is 0 Å². The Labute approximate surface area is 424 Å². The van der Waals surface area contributed by atoms with Gasteiger partial charge in [-0.05, 0) is 70.6 Å². The van der Waals surface area contributed by atoms with E-state index in [0.717, 1.165) is 44.9 Å². The molecule has 0 radical (unpaired) electrons. The molecular formula is C62H119NO5. The fourth-order valence-corrected chi connectivity index (χ4v) is 9.56. The lowest BCUT2D eigenvalue weighted by molar-refractivity contribution is -0.132. The van der Waals surface area contributed by atoms with Crippen LogP contribution in [0.4, 0.5) is 0 Å². The molecule has 0 rings (SSSR count). The first kappa shape index (κ1) is 66.5. The van der Waals surface area contributed by atoms with Crippen LogP contribution in [0.15, 0.2) is 36.5 Å². The summed E-state index contributed by atoms with van der Waals surface area (Å²) >= 11 is 0. The number of rotatable bonds is 56. The van der Waals surface area contributed by atoms with E-state index in [9.17, 15) is 25.2 Å². The normalized spacial score (nSPS) is 13.9. The molecule has 0 saturated carbocycles. The second-order valence-electron chi connectivity index (χ2n) is 21.0. The van der Waals surface area contributed by atoms with E-state index in [1.54, 1.807) is 0 Å². The molecule has 4 unspecified atom stereocenters. The number of unbranched alkanes of at least 4 members (excludes halogenated alkanes) is 41. The van der Waals surface area contributed by atoms with Gasteiger partial charge < -0.3 is 25.7 Å². The van der Waals surface area contributed by atoms with Crippen molar-refractivity contribution in [2.24, 2.45) is 0 Å². The monoisotopic (exact) mass is 958 g/mol. The van der Waals surface area contributed by atoms with Crippen molar-refractivity contribution < 1.29 is 25.2 Å². The first-order chi connectivity index (χ1) is 33.5. The molecule has 0 aliphatic rings. The lowest BCUT2D eigenvalue weighted by Crippen LogP contribution is -2.53. The molecule has 0 spiro atoms. The van der Waals surface area contributed by atoms with Crippen molar-refractivity contribution in [1.82, 2.24) is 5.32 Å². The van der Waals surface area contributed by atoms with Crippen molar-refractivity contribution in [2.75, 3.05) is 6.61 Å². The van der Waals surface area contributed by atoms with Gasteiger partial charge in [0, 0.05) is 0 Å². The highest BCUT2D eigenvalue weighted by Crippen LogP contribution is 2.18. The van der Waals surface area contributed by atoms with Crippen molar-refractivity contribution in [1.29, 1.82) is 0 Å². The second-order valence-corrected chi connectivity index (χ2v) is 21.0. The van der Waals surface area contributed by atoms with Crippen molar-refractivity contribution in [3.05, 3.63) is 36.5 Å². The number of hydrogen-bond acceptors (Lipinski definition) is 5. The lowest BCUT2D eigenvalue weighted by atomic mass is 10.00. The molecule has 0 saturated heterocycles. The number of carbonyl (C=O) groups excluding carboxylic acids is 1. The van der Waals surface area contributed by atoms with Gasteiger partial charge in [0.15, 0.2) is 0 Å². The van der Waals surface area contributed by atoms with Crippen LogP contribution in [0.1, 0.15) is 322 Å². The van der Waals surface area contributed by atoms with Crippen LogP contribution in [0.25, 0.3) is 0 Å². The highest BCUT2D eigenvalue weighted by molar-refractivity contribution is 5.80. The Morgan fingerprint density at radius 1 is 0.368 bits per heavy atom. The zero-order chi connectivity index (χ0) is 49.5. The average molecular weight is 959 g/mol. The summed E-state index contributed by atoms with van der Waals surface area (Å²) < 4.78 is 0. The van der Waals surface area contributed by atoms with E-state index < -0.39 is 36.9 Å². The predicted molar refractivity (Wildman–Crippen MR) is 297 cm³/mol. The summed E-state index contributed by atoms with van der Waals surface area (Å²) in [4.78, 5) is 12.6. The Morgan fingerprint density at radius 3 is 0.971 bits per heavy atom. The van der Waals surface area contributed by atoms with E-state index >= 15 is 0 Å². The van der Waals surface area contributed by atoms with Gasteiger partial charge in [0.25, 0.3) is 0 Å². The van der Waals surface area contributed by atoms with Gasteiger partial charge in [-0.25, -0.2) is 0 Å². The standard InChI is InChI=1S/C62H119NO5/c1-3-5-7-9-11-13-15-17-19-21-23-25-27-29-31-33-35-37-39-41-43-45-47-49-51-53-55-59(65)61(67)58(57-64)63-62(68)60(66)56-54-52-50-48-46-44-42-40-38-36-34-32-30-28-26-24-22-20-18-16-14-12-10-8-6-4-2/h24,26,30,32,47,49,58-61,64-67H,3-23,25,27-29,31,33-46,48,50-57H2,1-2H3,(H,63,68)/b26-24-,32-30-,49-47+. The van der Waals surface area contributed by atoms with Gasteiger partial charge >= 0.3 is 0 Å². The molecule has 5 N–H and O–H groups in total. The third kappa shape index (κ3) is 49.5. The molecule has 0 heterocycles. The molecule has 68 heavy (non-hydrogen) atoms. The molecule has 0 aromatic heterocycles. The number of amides is 1. The molecule has 1 amide bonds. The topological polar surface area (TPSA) is 110 Å². The number of nitrogens with one attached hydrogen (secondary N) is 1. The van der Waals surface area contributed by atoms with Gasteiger partial charge in [0.05, 0.1) is 18.8 Å². The highest BCUT2D eigenvalue weighted by Gasteiger charge is 2.28. The van der Waals surface area contributed by atoms with Crippen LogP contribution in [-0.2, 0) is 4.79 Å². The Morgan fingerprint density at radius 2 is 0.647 bits per heavy atom. The third-order valence-corrected chi connectivity index (χ3v) is 14.3. The van der Waals surface area contributed by atoms with Gasteiger partial charge in [-0.3, -0.25) is 4.79 Å². The van der Waals surface area contributed by atoms with Gasteiger partial charge in [-0.1, -0.05) is 288 Å². The smallest absolute Gasteiger partial charge is 0.249 e. The van der Waals surface area contributed by atoms with Crippen LogP contribution in [0, 0.1) is 0 Å². The fourth-order valence-electron chi connectivity index (χ4n) is 9.56. The minimum absolute atomic E-state index is 0.360. The first-order valence-corrected chi connectivity index (χ1v) is 30.4. The molecule has 0 bridgehead atoms. The zero-order valence-electron chi connectivity index (χ0n) is 45.6. The van der Waals surface area contributed by atoms with Crippen LogP contribution in [0.3, 0.4) is 0 Å². The van der Waals surface area contributed by atoms with E-state index in [-0.39, 0.29) is 0 Å². The number of carbonyl (C=O) groups is 1. The summed E-state index contributed by atoms with van der Waals surface area (Å²) in [6.45, 7) is 4.08. The van der Waals surface area contributed by atoms with Crippen LogP contribution >= 0.6 is 0 Å². The quantitative estimate of drug-likeness (QED) is 0.0308. The maximum atomic E-state index is 12.6. The zero-order valence-corrected chi connectivity index (χ0v) is 45.6. The summed E-state index contributed by atoms with van der Waals surface area (Å²) in [6.07, 6.45) is 70.9. The van der Waals surface area contributed by atoms with Crippen LogP contribution in [0.2, 0.25) is 0 Å². The van der Waals surface area contributed by atoms with Gasteiger partial charge in [-0.2, -0.15) is 0 Å². The minimum atomic E-state index is -1.28. The Balaban J connectivity index is 3.64. The van der Waals surface area contributed by atoms with Crippen LogP contribution in [-0.4, -0.2) is 57.3 Å². The molecule has 0 aliphatic carbocycles. The summed E-state index contributed by atoms with van der Waals surface area (Å²) in [5, 5.41) is 44.1. The van der Waals surface area contributed by atoms with Crippen LogP contribution in [0.5, 0.6) is 0 Å². The minimum Gasteiger partial charge on any atom is -0.394 e. The number of allylic oxidation sites excluding steroid dienone is 6. The van der Waals surface area contributed by atoms with E-state index in [1.165, 1.54) is 250 Å².